The van der Waals surface area contributed by atoms with Crippen LogP contribution in [0.3, 0.4) is 0 Å². The summed E-state index contributed by atoms with van der Waals surface area (Å²) in [5.74, 6) is -1.26. The number of carbonyl (C=O) groups is 3. The highest BCUT2D eigenvalue weighted by atomic mass is 32.1. The number of aromatic nitrogens is 1. The second-order valence-electron chi connectivity index (χ2n) is 10.6. The Labute approximate surface area is 258 Å². The number of Topliss-reactive ketones (excluding diaryl/α,β-unsaturated/α-hetero) is 1. The predicted molar refractivity (Wildman–Crippen MR) is 165 cm³/mol. The van der Waals surface area contributed by atoms with Gasteiger partial charge in [-0.1, -0.05) is 53.8 Å². The minimum atomic E-state index is -1.01. The molecule has 1 aromatic heterocycles. The van der Waals surface area contributed by atoms with Gasteiger partial charge in [0.15, 0.2) is 5.13 Å². The molecule has 0 aliphatic carbocycles. The number of aryl methyl sites for hydroxylation is 1. The molecule has 0 bridgehead atoms. The van der Waals surface area contributed by atoms with Gasteiger partial charge in [-0.3, -0.25) is 14.5 Å². The second kappa shape index (κ2) is 12.0. The van der Waals surface area contributed by atoms with Gasteiger partial charge in [-0.25, -0.2) is 9.78 Å². The molecular weight excluding hydrogens is 580 g/mol. The highest BCUT2D eigenvalue weighted by molar-refractivity contribution is 7.17. The van der Waals surface area contributed by atoms with Gasteiger partial charge in [0, 0.05) is 12.0 Å². The van der Waals surface area contributed by atoms with Crippen LogP contribution in [-0.4, -0.2) is 40.5 Å². The topological polar surface area (TPSA) is 115 Å². The van der Waals surface area contributed by atoms with Gasteiger partial charge in [0.05, 0.1) is 23.9 Å². The zero-order valence-corrected chi connectivity index (χ0v) is 25.2. The summed E-state index contributed by atoms with van der Waals surface area (Å²) in [4.78, 5) is 45.8. The van der Waals surface area contributed by atoms with E-state index in [1.165, 1.54) is 4.90 Å². The zero-order valence-electron chi connectivity index (χ0n) is 24.4. The second-order valence-corrected chi connectivity index (χ2v) is 11.6. The molecule has 2 aliphatic rings. The average molecular weight is 611 g/mol. The number of amides is 1. The van der Waals surface area contributed by atoms with Crippen molar-refractivity contribution in [2.45, 2.75) is 45.9 Å². The summed E-state index contributed by atoms with van der Waals surface area (Å²) >= 11 is 0.966. The van der Waals surface area contributed by atoms with Gasteiger partial charge < -0.3 is 19.3 Å². The van der Waals surface area contributed by atoms with E-state index in [2.05, 4.69) is 4.98 Å². The van der Waals surface area contributed by atoms with E-state index in [9.17, 15) is 19.5 Å². The standard InChI is InChI=1S/C34H30N2O7S/c1-4-41-33(40)31-20(3)35-34(44-31)36-28(22-10-13-25(14-11-22)42-18-21-8-6-5-7-9-21)27(30(38)32(36)39)29(37)23-12-15-26-24(17-23)16-19(2)43-26/h5-15,17,19,28,37H,4,16,18H2,1-3H3. The highest BCUT2D eigenvalue weighted by Crippen LogP contribution is 2.45. The lowest BCUT2D eigenvalue weighted by molar-refractivity contribution is -0.132. The molecule has 9 nitrogen and oxygen atoms in total. The molecule has 2 atom stereocenters. The van der Waals surface area contributed by atoms with E-state index in [1.54, 1.807) is 56.3 Å². The smallest absolute Gasteiger partial charge is 0.350 e. The van der Waals surface area contributed by atoms with Crippen LogP contribution in [0.2, 0.25) is 0 Å². The third-order valence-electron chi connectivity index (χ3n) is 7.51. The first-order valence-electron chi connectivity index (χ1n) is 14.3. The van der Waals surface area contributed by atoms with E-state index < -0.39 is 23.7 Å². The summed E-state index contributed by atoms with van der Waals surface area (Å²) in [7, 11) is 0. The van der Waals surface area contributed by atoms with Crippen LogP contribution >= 0.6 is 11.3 Å². The monoisotopic (exact) mass is 610 g/mol. The number of aliphatic hydroxyl groups excluding tert-OH is 1. The van der Waals surface area contributed by atoms with E-state index in [0.29, 0.717) is 35.6 Å². The van der Waals surface area contributed by atoms with Crippen molar-refractivity contribution in [2.24, 2.45) is 0 Å². The van der Waals surface area contributed by atoms with E-state index in [0.717, 1.165) is 28.2 Å². The number of nitrogens with zero attached hydrogens (tertiary/aromatic N) is 2. The van der Waals surface area contributed by atoms with Gasteiger partial charge in [0.25, 0.3) is 5.78 Å². The number of anilines is 1. The Morgan fingerprint density at radius 2 is 1.84 bits per heavy atom. The maximum Gasteiger partial charge on any atom is 0.350 e. The van der Waals surface area contributed by atoms with Crippen molar-refractivity contribution >= 4 is 39.9 Å². The lowest BCUT2D eigenvalue weighted by atomic mass is 9.94. The first-order chi connectivity index (χ1) is 21.2. The molecule has 1 N–H and O–H groups in total. The van der Waals surface area contributed by atoms with Gasteiger partial charge in [0.1, 0.15) is 34.8 Å². The van der Waals surface area contributed by atoms with Crippen molar-refractivity contribution in [3.63, 3.8) is 0 Å². The van der Waals surface area contributed by atoms with E-state index in [1.807, 2.05) is 37.3 Å². The molecule has 10 heteroatoms. The molecule has 0 spiro atoms. The summed E-state index contributed by atoms with van der Waals surface area (Å²) in [6.07, 6.45) is 0.658. The van der Waals surface area contributed by atoms with Crippen molar-refractivity contribution in [1.29, 1.82) is 0 Å². The summed E-state index contributed by atoms with van der Waals surface area (Å²) in [5, 5.41) is 11.8. The average Bonchev–Trinajstić information content (AvgIpc) is 3.68. The predicted octanol–water partition coefficient (Wildman–Crippen LogP) is 6.16. The molecular formula is C34H30N2O7S. The number of ketones is 1. The number of fused-ring (bicyclic) bond motifs is 1. The Kier molecular flexibility index (Phi) is 7.92. The Morgan fingerprint density at radius 1 is 1.09 bits per heavy atom. The summed E-state index contributed by atoms with van der Waals surface area (Å²) in [6.45, 7) is 5.85. The molecule has 1 fully saturated rings. The van der Waals surface area contributed by atoms with E-state index in [4.69, 9.17) is 14.2 Å². The normalized spacial score (nSPS) is 18.7. The van der Waals surface area contributed by atoms with Gasteiger partial charge in [-0.05, 0) is 67.8 Å². The number of hydrogen-bond donors (Lipinski definition) is 1. The molecule has 4 aromatic rings. The Hall–Kier alpha value is -4.96. The molecule has 6 rings (SSSR count). The van der Waals surface area contributed by atoms with E-state index in [-0.39, 0.29) is 34.1 Å². The third-order valence-corrected chi connectivity index (χ3v) is 8.65. The fourth-order valence-electron chi connectivity index (χ4n) is 5.43. The number of rotatable bonds is 8. The molecule has 1 amide bonds. The van der Waals surface area contributed by atoms with Crippen LogP contribution in [0.25, 0.3) is 5.76 Å². The quantitative estimate of drug-likeness (QED) is 0.109. The molecule has 44 heavy (non-hydrogen) atoms. The van der Waals surface area contributed by atoms with Gasteiger partial charge in [-0.2, -0.15) is 0 Å². The van der Waals surface area contributed by atoms with Crippen LogP contribution in [-0.2, 0) is 27.4 Å². The third kappa shape index (κ3) is 5.44. The molecule has 1 saturated heterocycles. The first kappa shape index (κ1) is 29.1. The summed E-state index contributed by atoms with van der Waals surface area (Å²) < 4.78 is 16.9. The first-order valence-corrected chi connectivity index (χ1v) is 15.1. The molecule has 224 valence electrons. The van der Waals surface area contributed by atoms with Crippen LogP contribution in [0, 0.1) is 6.92 Å². The zero-order chi connectivity index (χ0) is 31.0. The van der Waals surface area contributed by atoms with Crippen LogP contribution < -0.4 is 14.4 Å². The minimum absolute atomic E-state index is 0.00247. The van der Waals surface area contributed by atoms with Crippen molar-refractivity contribution in [3.05, 3.63) is 111 Å². The largest absolute Gasteiger partial charge is 0.507 e. The number of aliphatic hydroxyl groups is 1. The molecule has 3 heterocycles. The number of benzene rings is 3. The number of esters is 1. The van der Waals surface area contributed by atoms with E-state index >= 15 is 0 Å². The minimum Gasteiger partial charge on any atom is -0.507 e. The fourth-order valence-corrected chi connectivity index (χ4v) is 6.42. The molecule has 3 aromatic carbocycles. The summed E-state index contributed by atoms with van der Waals surface area (Å²) in [5.41, 5.74) is 3.17. The van der Waals surface area contributed by atoms with Crippen molar-refractivity contribution < 1.29 is 33.7 Å². The number of carbonyl (C=O) groups excluding carboxylic acids is 3. The van der Waals surface area contributed by atoms with Crippen LogP contribution in [0.15, 0.2) is 78.4 Å². The van der Waals surface area contributed by atoms with Crippen molar-refractivity contribution in [3.8, 4) is 11.5 Å². The Morgan fingerprint density at radius 3 is 2.57 bits per heavy atom. The van der Waals surface area contributed by atoms with Gasteiger partial charge >= 0.3 is 11.9 Å². The van der Waals surface area contributed by atoms with Gasteiger partial charge in [0.2, 0.25) is 0 Å². The number of hydrogen-bond acceptors (Lipinski definition) is 9. The van der Waals surface area contributed by atoms with Crippen LogP contribution in [0.1, 0.15) is 57.5 Å². The summed E-state index contributed by atoms with van der Waals surface area (Å²) in [6, 6.07) is 21.0. The number of thiazole rings is 1. The van der Waals surface area contributed by atoms with Crippen LogP contribution in [0.5, 0.6) is 11.5 Å². The maximum absolute atomic E-state index is 13.7. The van der Waals surface area contributed by atoms with Crippen molar-refractivity contribution in [2.75, 3.05) is 11.5 Å². The van der Waals surface area contributed by atoms with Crippen molar-refractivity contribution in [1.82, 2.24) is 4.98 Å². The molecule has 2 unspecified atom stereocenters. The SMILES string of the molecule is CCOC(=O)c1sc(N2C(=O)C(=O)C(=C(O)c3ccc4c(c3)CC(C)O4)C2c2ccc(OCc3ccccc3)cc2)nc1C. The molecule has 0 saturated carbocycles. The highest BCUT2D eigenvalue weighted by Gasteiger charge is 2.48. The number of ether oxygens (including phenoxy) is 3. The lowest BCUT2D eigenvalue weighted by Gasteiger charge is -2.23. The lowest BCUT2D eigenvalue weighted by Crippen LogP contribution is -2.29. The Bertz CT molecular complexity index is 1780. The van der Waals surface area contributed by atoms with Crippen LogP contribution in [0.4, 0.5) is 5.13 Å². The fraction of sp³-hybridized carbons (Fsp3) is 0.235. The maximum atomic E-state index is 13.7. The van der Waals surface area contributed by atoms with Gasteiger partial charge in [-0.15, -0.1) is 0 Å². The molecule has 0 radical (unpaired) electrons. The molecule has 2 aliphatic heterocycles. The Balaban J connectivity index is 1.42.